The fourth-order valence-corrected chi connectivity index (χ4v) is 1.44. The second-order valence-corrected chi connectivity index (χ2v) is 3.01. The quantitative estimate of drug-likeness (QED) is 0.782. The summed E-state index contributed by atoms with van der Waals surface area (Å²) in [6.07, 6.45) is 1.87. The van der Waals surface area contributed by atoms with Crippen LogP contribution in [-0.4, -0.2) is 17.3 Å². The Morgan fingerprint density at radius 3 is 2.93 bits per heavy atom. The number of aromatic amines is 1. The standard InChI is InChI=1S/C11H11N2O/c1-8-10(7-12-13-8)9-5-3-4-6-11(9)14-2/h3,5-7H,1-2H3,(H,12,13). The molecule has 0 spiro atoms. The number of ether oxygens (including phenoxy) is 1. The fraction of sp³-hybridized carbons (Fsp3) is 0.182. The number of rotatable bonds is 2. The lowest BCUT2D eigenvalue weighted by Gasteiger charge is -2.05. The number of benzene rings is 1. The van der Waals surface area contributed by atoms with Crippen LogP contribution < -0.4 is 4.74 Å². The Morgan fingerprint density at radius 1 is 1.43 bits per heavy atom. The number of aromatic nitrogens is 2. The zero-order valence-corrected chi connectivity index (χ0v) is 8.16. The Labute approximate surface area is 82.7 Å². The van der Waals surface area contributed by atoms with Crippen LogP contribution in [-0.2, 0) is 0 Å². The molecule has 14 heavy (non-hydrogen) atoms. The third-order valence-corrected chi connectivity index (χ3v) is 2.17. The second-order valence-electron chi connectivity index (χ2n) is 3.01. The summed E-state index contributed by atoms with van der Waals surface area (Å²) in [5.74, 6) is 0.817. The molecular weight excluding hydrogens is 176 g/mol. The Bertz CT molecular complexity index is 434. The van der Waals surface area contributed by atoms with Gasteiger partial charge in [0.15, 0.2) is 0 Å². The number of nitrogens with zero attached hydrogens (tertiary/aromatic N) is 1. The summed E-state index contributed by atoms with van der Waals surface area (Å²) >= 11 is 0. The van der Waals surface area contributed by atoms with Gasteiger partial charge in [-0.15, -0.1) is 0 Å². The molecule has 0 amide bonds. The van der Waals surface area contributed by atoms with E-state index in [2.05, 4.69) is 16.3 Å². The maximum atomic E-state index is 5.25. The smallest absolute Gasteiger partial charge is 0.127 e. The topological polar surface area (TPSA) is 37.9 Å². The molecule has 0 aliphatic heterocycles. The molecule has 2 aromatic rings. The van der Waals surface area contributed by atoms with Crippen LogP contribution in [0.2, 0.25) is 0 Å². The van der Waals surface area contributed by atoms with Crippen molar-refractivity contribution in [2.75, 3.05) is 7.11 Å². The van der Waals surface area contributed by atoms with E-state index in [-0.39, 0.29) is 0 Å². The Hall–Kier alpha value is -1.77. The van der Waals surface area contributed by atoms with E-state index in [1.165, 1.54) is 0 Å². The lowest BCUT2D eigenvalue weighted by molar-refractivity contribution is 0.416. The van der Waals surface area contributed by atoms with Crippen LogP contribution in [0.15, 0.2) is 24.4 Å². The van der Waals surface area contributed by atoms with Gasteiger partial charge < -0.3 is 4.74 Å². The minimum Gasteiger partial charge on any atom is -0.496 e. The average molecular weight is 187 g/mol. The van der Waals surface area contributed by atoms with Crippen LogP contribution in [0.4, 0.5) is 0 Å². The molecule has 0 saturated heterocycles. The highest BCUT2D eigenvalue weighted by molar-refractivity contribution is 5.71. The molecule has 1 N–H and O–H groups in total. The minimum atomic E-state index is 0.817. The molecule has 3 nitrogen and oxygen atoms in total. The van der Waals surface area contributed by atoms with Crippen molar-refractivity contribution in [2.24, 2.45) is 0 Å². The van der Waals surface area contributed by atoms with Gasteiger partial charge in [0.05, 0.1) is 12.8 Å². The Balaban J connectivity index is 2.56. The van der Waals surface area contributed by atoms with Crippen molar-refractivity contribution in [1.82, 2.24) is 10.2 Å². The Kier molecular flexibility index (Phi) is 2.23. The maximum absolute atomic E-state index is 5.25. The monoisotopic (exact) mass is 187 g/mol. The van der Waals surface area contributed by atoms with Gasteiger partial charge in [0.25, 0.3) is 0 Å². The summed E-state index contributed by atoms with van der Waals surface area (Å²) in [7, 11) is 1.65. The largest absolute Gasteiger partial charge is 0.496 e. The zero-order chi connectivity index (χ0) is 9.97. The van der Waals surface area contributed by atoms with Gasteiger partial charge in [-0.25, -0.2) is 0 Å². The molecule has 71 valence electrons. The summed E-state index contributed by atoms with van der Waals surface area (Å²) in [5, 5.41) is 6.91. The molecule has 1 radical (unpaired) electrons. The van der Waals surface area contributed by atoms with Crippen LogP contribution in [0.1, 0.15) is 5.69 Å². The number of nitrogens with one attached hydrogen (secondary N) is 1. The first-order valence-electron chi connectivity index (χ1n) is 4.37. The van der Waals surface area contributed by atoms with Crippen molar-refractivity contribution in [3.8, 4) is 16.9 Å². The molecule has 2 rings (SSSR count). The molecule has 3 heteroatoms. The zero-order valence-electron chi connectivity index (χ0n) is 8.16. The van der Waals surface area contributed by atoms with E-state index < -0.39 is 0 Å². The number of methoxy groups -OCH3 is 1. The van der Waals surface area contributed by atoms with Gasteiger partial charge in [-0.2, -0.15) is 5.10 Å². The number of H-pyrrole nitrogens is 1. The van der Waals surface area contributed by atoms with E-state index in [4.69, 9.17) is 4.74 Å². The molecule has 0 bridgehead atoms. The van der Waals surface area contributed by atoms with Crippen molar-refractivity contribution in [1.29, 1.82) is 0 Å². The normalized spacial score (nSPS) is 10.1. The Morgan fingerprint density at radius 2 is 2.29 bits per heavy atom. The highest BCUT2D eigenvalue weighted by atomic mass is 16.5. The van der Waals surface area contributed by atoms with Gasteiger partial charge in [0.1, 0.15) is 5.75 Å². The molecule has 1 heterocycles. The van der Waals surface area contributed by atoms with Crippen LogP contribution in [0.5, 0.6) is 5.75 Å². The first-order chi connectivity index (χ1) is 6.83. The summed E-state index contributed by atoms with van der Waals surface area (Å²) < 4.78 is 5.25. The lowest BCUT2D eigenvalue weighted by Crippen LogP contribution is -1.87. The van der Waals surface area contributed by atoms with Crippen molar-refractivity contribution in [3.05, 3.63) is 36.2 Å². The molecule has 0 unspecified atom stereocenters. The first kappa shape index (κ1) is 8.81. The molecule has 1 aromatic carbocycles. The average Bonchev–Trinajstić information content (AvgIpc) is 2.64. The highest BCUT2D eigenvalue weighted by Gasteiger charge is 2.08. The van der Waals surface area contributed by atoms with Crippen molar-refractivity contribution < 1.29 is 4.74 Å². The van der Waals surface area contributed by atoms with E-state index in [0.29, 0.717) is 0 Å². The van der Waals surface area contributed by atoms with Crippen LogP contribution in [0, 0.1) is 13.0 Å². The minimum absolute atomic E-state index is 0.817. The lowest BCUT2D eigenvalue weighted by atomic mass is 10.1. The first-order valence-corrected chi connectivity index (χ1v) is 4.37. The third-order valence-electron chi connectivity index (χ3n) is 2.17. The summed E-state index contributed by atoms with van der Waals surface area (Å²) in [5.41, 5.74) is 3.07. The molecule has 0 atom stereocenters. The van der Waals surface area contributed by atoms with Crippen molar-refractivity contribution in [3.63, 3.8) is 0 Å². The van der Waals surface area contributed by atoms with Gasteiger partial charge in [0.2, 0.25) is 0 Å². The molecule has 1 aromatic heterocycles. The molecule has 0 aliphatic rings. The number of aryl methyl sites for hydroxylation is 1. The van der Waals surface area contributed by atoms with Gasteiger partial charge in [0, 0.05) is 17.3 Å². The molecule has 0 aliphatic carbocycles. The summed E-state index contributed by atoms with van der Waals surface area (Å²) in [6.45, 7) is 1.96. The SMILES string of the molecule is COc1c[c]ccc1-c1c[nH]nc1C. The van der Waals surface area contributed by atoms with Gasteiger partial charge >= 0.3 is 0 Å². The molecular formula is C11H11N2O. The van der Waals surface area contributed by atoms with Crippen LogP contribution >= 0.6 is 0 Å². The predicted molar refractivity (Wildman–Crippen MR) is 54.1 cm³/mol. The van der Waals surface area contributed by atoms with E-state index in [1.54, 1.807) is 7.11 Å². The van der Waals surface area contributed by atoms with E-state index in [0.717, 1.165) is 22.6 Å². The molecule has 0 fully saturated rings. The second kappa shape index (κ2) is 3.54. The third kappa shape index (κ3) is 1.37. The summed E-state index contributed by atoms with van der Waals surface area (Å²) in [4.78, 5) is 0. The fourth-order valence-electron chi connectivity index (χ4n) is 1.44. The van der Waals surface area contributed by atoms with Crippen molar-refractivity contribution in [2.45, 2.75) is 6.92 Å². The maximum Gasteiger partial charge on any atom is 0.127 e. The number of hydrogen-bond donors (Lipinski definition) is 1. The van der Waals surface area contributed by atoms with Crippen LogP contribution in [0.25, 0.3) is 11.1 Å². The highest BCUT2D eigenvalue weighted by Crippen LogP contribution is 2.30. The molecule has 0 saturated carbocycles. The predicted octanol–water partition coefficient (Wildman–Crippen LogP) is 2.19. The van der Waals surface area contributed by atoms with Gasteiger partial charge in [-0.1, -0.05) is 6.07 Å². The van der Waals surface area contributed by atoms with E-state index in [9.17, 15) is 0 Å². The van der Waals surface area contributed by atoms with E-state index in [1.807, 2.05) is 31.3 Å². The van der Waals surface area contributed by atoms with E-state index >= 15 is 0 Å². The van der Waals surface area contributed by atoms with Crippen LogP contribution in [0.3, 0.4) is 0 Å². The van der Waals surface area contributed by atoms with Crippen molar-refractivity contribution >= 4 is 0 Å². The number of hydrogen-bond acceptors (Lipinski definition) is 2. The summed E-state index contributed by atoms with van der Waals surface area (Å²) in [6, 6.07) is 8.63. The van der Waals surface area contributed by atoms with Gasteiger partial charge in [-0.3, -0.25) is 5.10 Å². The van der Waals surface area contributed by atoms with Gasteiger partial charge in [-0.05, 0) is 25.1 Å².